The lowest BCUT2D eigenvalue weighted by Gasteiger charge is -2.39. The highest BCUT2D eigenvalue weighted by Gasteiger charge is 2.31. The summed E-state index contributed by atoms with van der Waals surface area (Å²) >= 11 is 0. The summed E-state index contributed by atoms with van der Waals surface area (Å²) in [5, 5.41) is 2.03. The van der Waals surface area contributed by atoms with Crippen LogP contribution in [0.4, 0.5) is 0 Å². The molecule has 0 spiro atoms. The van der Waals surface area contributed by atoms with Gasteiger partial charge in [0, 0.05) is 33.7 Å². The normalized spacial score (nSPS) is 16.3. The number of hydrogen-bond acceptors (Lipinski definition) is 0. The third-order valence-electron chi connectivity index (χ3n) is 6.24. The second-order valence-electron chi connectivity index (χ2n) is 12.5. The molecular weight excluding hydrogens is 455 g/mol. The molecule has 0 nitrogen and oxygen atoms in total. The smallest absolute Gasteiger partial charge is 0 e. The Kier molecular flexibility index (Phi) is 24.0. The molecule has 0 heterocycles. The Hall–Kier alpha value is 1.98. The van der Waals surface area contributed by atoms with E-state index in [0.717, 1.165) is 0 Å². The lowest BCUT2D eigenvalue weighted by atomic mass is 10.3. The third-order valence-corrected chi connectivity index (χ3v) is 20.5. The van der Waals surface area contributed by atoms with Gasteiger partial charge in [0.15, 0.2) is 0 Å². The molecule has 4 atom stereocenters. The summed E-state index contributed by atoms with van der Waals surface area (Å²) in [5.41, 5.74) is 0. The van der Waals surface area contributed by atoms with E-state index in [1.165, 1.54) is 37.0 Å². The van der Waals surface area contributed by atoms with E-state index in [-0.39, 0.29) is 65.3 Å². The fourth-order valence-corrected chi connectivity index (χ4v) is 13.8. The SMILES string of the molecule is C[P@@](CC[P@](CC[P@@](CC[P@](C)C(C)(C)C)C(C)(C)C)C(C)(C)C)C(C)(C)C.[B].[B].[B].[B]. The minimum absolute atomic E-state index is 0. The molecule has 0 bridgehead atoms. The van der Waals surface area contributed by atoms with Crippen molar-refractivity contribution in [1.29, 1.82) is 0 Å². The quantitative estimate of drug-likeness (QED) is 0.219. The summed E-state index contributed by atoms with van der Waals surface area (Å²) in [4.78, 5) is 0. The van der Waals surface area contributed by atoms with E-state index < -0.39 is 0 Å². The van der Waals surface area contributed by atoms with Crippen LogP contribution >= 0.6 is 31.7 Å². The van der Waals surface area contributed by atoms with Crippen molar-refractivity contribution in [2.24, 2.45) is 0 Å². The Balaban J connectivity index is -0.000000607. The van der Waals surface area contributed by atoms with Crippen molar-refractivity contribution in [2.75, 3.05) is 50.3 Å². The first-order valence-electron chi connectivity index (χ1n) is 11.2. The molecule has 0 aromatic carbocycles. The maximum Gasteiger partial charge on any atom is 0 e. The van der Waals surface area contributed by atoms with Gasteiger partial charge >= 0.3 is 0 Å². The molecule has 12 radical (unpaired) electrons. The van der Waals surface area contributed by atoms with Crippen LogP contribution in [0.25, 0.3) is 0 Å². The van der Waals surface area contributed by atoms with Crippen LogP contribution in [0.15, 0.2) is 0 Å². The molecule has 0 fully saturated rings. The molecule has 0 saturated heterocycles. The van der Waals surface area contributed by atoms with Crippen LogP contribution in [-0.2, 0) is 0 Å². The zero-order chi connectivity index (χ0) is 22.6. The van der Waals surface area contributed by atoms with E-state index in [9.17, 15) is 0 Å². The maximum atomic E-state index is 2.53. The summed E-state index contributed by atoms with van der Waals surface area (Å²) in [5.74, 6) is 0. The fourth-order valence-electron chi connectivity index (χ4n) is 3.02. The van der Waals surface area contributed by atoms with Gasteiger partial charge in [-0.3, -0.25) is 0 Å². The van der Waals surface area contributed by atoms with Gasteiger partial charge in [-0.1, -0.05) is 83.1 Å². The van der Waals surface area contributed by atoms with E-state index >= 15 is 0 Å². The van der Waals surface area contributed by atoms with Gasteiger partial charge in [0.05, 0.1) is 0 Å². The summed E-state index contributed by atoms with van der Waals surface area (Å²) in [6.07, 6.45) is 8.94. The predicted octanol–water partition coefficient (Wildman–Crippen LogP) is 7.84. The van der Waals surface area contributed by atoms with Crippen molar-refractivity contribution in [1.82, 2.24) is 0 Å². The minimum Gasteiger partial charge on any atom is -0.104 e. The molecule has 0 unspecified atom stereocenters. The van der Waals surface area contributed by atoms with Crippen LogP contribution in [0.2, 0.25) is 0 Å². The summed E-state index contributed by atoms with van der Waals surface area (Å²) < 4.78 is 0. The van der Waals surface area contributed by atoms with Gasteiger partial charge in [0.2, 0.25) is 0 Å². The van der Waals surface area contributed by atoms with Crippen molar-refractivity contribution in [3.8, 4) is 0 Å². The van der Waals surface area contributed by atoms with Crippen LogP contribution in [-0.4, -0.2) is 105 Å². The Labute approximate surface area is 218 Å². The van der Waals surface area contributed by atoms with Crippen LogP contribution in [0.3, 0.4) is 0 Å². The Morgan fingerprint density at radius 2 is 0.531 bits per heavy atom. The predicted molar refractivity (Wildman–Crippen MR) is 171 cm³/mol. The first-order valence-corrected chi connectivity index (χ1v) is 18.6. The van der Waals surface area contributed by atoms with Crippen LogP contribution in [0.5, 0.6) is 0 Å². The highest BCUT2D eigenvalue weighted by molar-refractivity contribution is 7.65. The highest BCUT2D eigenvalue weighted by atomic mass is 31.1. The third kappa shape index (κ3) is 18.3. The van der Waals surface area contributed by atoms with Gasteiger partial charge in [-0.05, 0) is 70.9 Å². The van der Waals surface area contributed by atoms with Crippen molar-refractivity contribution in [2.45, 2.75) is 104 Å². The zero-order valence-electron chi connectivity index (χ0n) is 24.3. The summed E-state index contributed by atoms with van der Waals surface area (Å²) in [6.45, 7) is 34.8. The minimum atomic E-state index is 0. The molecule has 32 heavy (non-hydrogen) atoms. The summed E-state index contributed by atoms with van der Waals surface area (Å²) in [7, 11) is 0.548. The van der Waals surface area contributed by atoms with Crippen LogP contribution in [0, 0.1) is 0 Å². The molecule has 0 aliphatic carbocycles. The molecule has 0 saturated carbocycles. The Morgan fingerprint density at radius 1 is 0.344 bits per heavy atom. The van der Waals surface area contributed by atoms with E-state index in [0.29, 0.717) is 20.6 Å². The van der Waals surface area contributed by atoms with Gasteiger partial charge in [-0.25, -0.2) is 0 Å². The first-order chi connectivity index (χ1) is 12.3. The zero-order valence-corrected chi connectivity index (χ0v) is 27.9. The molecule has 0 amide bonds. The lowest BCUT2D eigenvalue weighted by Crippen LogP contribution is -2.23. The second kappa shape index (κ2) is 17.4. The molecule has 8 heteroatoms. The van der Waals surface area contributed by atoms with E-state index in [1.807, 2.05) is 0 Å². The van der Waals surface area contributed by atoms with Crippen LogP contribution in [0.1, 0.15) is 83.1 Å². The molecule has 182 valence electrons. The standard InChI is InChI=1S/C24H54P4.4B/c1-21(2,3)25(13)15-17-27(23(7,8)9)19-20-28(24(10,11)12)18-16-26(14)22(4,5)6;;;;/h15-20H2,1-14H3;;;;/t25-,26-,27+,28+;;;;/m0..../s1. The van der Waals surface area contributed by atoms with Gasteiger partial charge in [0.25, 0.3) is 0 Å². The van der Waals surface area contributed by atoms with Crippen molar-refractivity contribution in [3.63, 3.8) is 0 Å². The first kappa shape index (κ1) is 44.0. The van der Waals surface area contributed by atoms with Crippen molar-refractivity contribution < 1.29 is 0 Å². The van der Waals surface area contributed by atoms with Gasteiger partial charge < -0.3 is 0 Å². The average Bonchev–Trinajstić information content (AvgIpc) is 2.44. The Morgan fingerprint density at radius 3 is 0.688 bits per heavy atom. The molecule has 0 aliphatic heterocycles. The second-order valence-corrected chi connectivity index (χ2v) is 25.5. The molecule has 0 aliphatic rings. The van der Waals surface area contributed by atoms with Gasteiger partial charge in [0.1, 0.15) is 0 Å². The van der Waals surface area contributed by atoms with Gasteiger partial charge in [-0.15, -0.1) is 31.7 Å². The highest BCUT2D eigenvalue weighted by Crippen LogP contribution is 2.59. The molecule has 0 rings (SSSR count). The largest absolute Gasteiger partial charge is 0.104 e. The molecule has 0 N–H and O–H groups in total. The van der Waals surface area contributed by atoms with Crippen molar-refractivity contribution in [3.05, 3.63) is 0 Å². The molecular formula is C24H54B4P4. The fraction of sp³-hybridized carbons (Fsp3) is 1.00. The van der Waals surface area contributed by atoms with Crippen molar-refractivity contribution >= 4 is 65.3 Å². The maximum absolute atomic E-state index is 2.53. The average molecular weight is 510 g/mol. The van der Waals surface area contributed by atoms with Crippen LogP contribution < -0.4 is 0 Å². The topological polar surface area (TPSA) is 0 Å². The molecule has 0 aromatic rings. The summed E-state index contributed by atoms with van der Waals surface area (Å²) in [6, 6.07) is 0. The lowest BCUT2D eigenvalue weighted by molar-refractivity contribution is 0.769. The molecule has 0 aromatic heterocycles. The van der Waals surface area contributed by atoms with E-state index in [2.05, 4.69) is 96.4 Å². The number of hydrogen-bond donors (Lipinski definition) is 0. The van der Waals surface area contributed by atoms with E-state index in [1.54, 1.807) is 0 Å². The van der Waals surface area contributed by atoms with Gasteiger partial charge in [-0.2, -0.15) is 0 Å². The monoisotopic (exact) mass is 510 g/mol. The Bertz CT molecular complexity index is 407. The number of rotatable bonds is 9. The van der Waals surface area contributed by atoms with E-state index in [4.69, 9.17) is 0 Å².